The normalized spacial score (nSPS) is 12.6. The number of hydrogen-bond acceptors (Lipinski definition) is 4. The lowest BCUT2D eigenvalue weighted by Gasteiger charge is -2.32. The molecule has 0 fully saturated rings. The minimum Gasteiger partial charge on any atom is -0.487 e. The van der Waals surface area contributed by atoms with Gasteiger partial charge in [0.1, 0.15) is 19.3 Å². The zero-order valence-electron chi connectivity index (χ0n) is 16.3. The molecule has 0 aliphatic rings. The Bertz CT molecular complexity index is 635. The maximum atomic E-state index is 10.4. The van der Waals surface area contributed by atoms with Crippen molar-refractivity contribution in [3.8, 4) is 11.5 Å². The fourth-order valence-electron chi connectivity index (χ4n) is 2.92. The first-order chi connectivity index (χ1) is 12.5. The second-order valence-corrected chi connectivity index (χ2v) is 7.07. The minimum absolute atomic E-state index is 0.238. The third kappa shape index (κ3) is 6.36. The molecule has 0 aliphatic heterocycles. The average molecular weight is 357 g/mol. The van der Waals surface area contributed by atoms with Gasteiger partial charge in [0.2, 0.25) is 0 Å². The maximum Gasteiger partial charge on any atom is 0.161 e. The van der Waals surface area contributed by atoms with Crippen LogP contribution in [0.25, 0.3) is 0 Å². The molecule has 0 spiro atoms. The van der Waals surface area contributed by atoms with Crippen LogP contribution >= 0.6 is 0 Å². The van der Waals surface area contributed by atoms with E-state index < -0.39 is 6.10 Å². The molecule has 0 aliphatic carbocycles. The highest BCUT2D eigenvalue weighted by Crippen LogP contribution is 2.27. The van der Waals surface area contributed by atoms with E-state index in [9.17, 15) is 5.11 Å². The summed E-state index contributed by atoms with van der Waals surface area (Å²) in [5.41, 5.74) is 1.10. The van der Waals surface area contributed by atoms with Crippen molar-refractivity contribution >= 4 is 0 Å². The summed E-state index contributed by atoms with van der Waals surface area (Å²) in [6.45, 7) is 9.86. The molecule has 0 bridgehead atoms. The number of aliphatic hydroxyl groups is 1. The van der Waals surface area contributed by atoms with E-state index in [4.69, 9.17) is 9.47 Å². The molecule has 2 rings (SSSR count). The summed E-state index contributed by atoms with van der Waals surface area (Å²) in [4.78, 5) is 2.26. The Hall–Kier alpha value is -2.04. The van der Waals surface area contributed by atoms with Gasteiger partial charge in [-0.1, -0.05) is 42.5 Å². The lowest BCUT2D eigenvalue weighted by atomic mass is 10.2. The van der Waals surface area contributed by atoms with Crippen molar-refractivity contribution in [2.75, 3.05) is 13.2 Å². The molecule has 0 radical (unpaired) electrons. The Morgan fingerprint density at radius 2 is 1.35 bits per heavy atom. The molecule has 1 unspecified atom stereocenters. The first-order valence-corrected chi connectivity index (χ1v) is 9.29. The van der Waals surface area contributed by atoms with Crippen LogP contribution in [0, 0.1) is 0 Å². The first-order valence-electron chi connectivity index (χ1n) is 9.29. The van der Waals surface area contributed by atoms with Crippen LogP contribution in [0.4, 0.5) is 0 Å². The Morgan fingerprint density at radius 1 is 0.808 bits per heavy atom. The molecule has 0 saturated heterocycles. The van der Waals surface area contributed by atoms with Crippen LogP contribution < -0.4 is 9.47 Å². The summed E-state index contributed by atoms with van der Waals surface area (Å²) in [6, 6.07) is 18.4. The fourth-order valence-corrected chi connectivity index (χ4v) is 2.92. The molecular weight excluding hydrogens is 326 g/mol. The molecule has 1 atom stereocenters. The molecule has 26 heavy (non-hydrogen) atoms. The van der Waals surface area contributed by atoms with E-state index in [0.29, 0.717) is 36.7 Å². The molecule has 4 nitrogen and oxygen atoms in total. The van der Waals surface area contributed by atoms with Gasteiger partial charge in [0, 0.05) is 18.6 Å². The minimum atomic E-state index is -0.554. The van der Waals surface area contributed by atoms with E-state index in [1.807, 2.05) is 54.6 Å². The molecule has 0 heterocycles. The third-order valence-corrected chi connectivity index (χ3v) is 4.27. The number of hydrogen-bond donors (Lipinski definition) is 1. The first kappa shape index (κ1) is 20.3. The summed E-state index contributed by atoms with van der Waals surface area (Å²) < 4.78 is 11.7. The number of ether oxygens (including phenoxy) is 2. The van der Waals surface area contributed by atoms with E-state index in [1.165, 1.54) is 0 Å². The second-order valence-electron chi connectivity index (χ2n) is 7.07. The highest BCUT2D eigenvalue weighted by atomic mass is 16.5. The predicted octanol–water partition coefficient (Wildman–Crippen LogP) is 4.12. The Morgan fingerprint density at radius 3 is 1.92 bits per heavy atom. The molecule has 4 heteroatoms. The van der Waals surface area contributed by atoms with Gasteiger partial charge in [-0.25, -0.2) is 0 Å². The smallest absolute Gasteiger partial charge is 0.161 e. The quantitative estimate of drug-likeness (QED) is 0.694. The van der Waals surface area contributed by atoms with E-state index in [0.717, 1.165) is 5.56 Å². The van der Waals surface area contributed by atoms with Gasteiger partial charge in [-0.3, -0.25) is 4.90 Å². The van der Waals surface area contributed by atoms with Gasteiger partial charge in [-0.15, -0.1) is 0 Å². The van der Waals surface area contributed by atoms with Crippen LogP contribution in [-0.2, 0) is 6.61 Å². The van der Waals surface area contributed by atoms with E-state index in [2.05, 4.69) is 32.6 Å². The van der Waals surface area contributed by atoms with Crippen molar-refractivity contribution in [2.24, 2.45) is 0 Å². The summed E-state index contributed by atoms with van der Waals surface area (Å²) in [7, 11) is 0. The number of nitrogens with zero attached hydrogens (tertiary/aromatic N) is 1. The van der Waals surface area contributed by atoms with Gasteiger partial charge in [0.25, 0.3) is 0 Å². The van der Waals surface area contributed by atoms with Crippen LogP contribution in [0.15, 0.2) is 54.6 Å². The fraction of sp³-hybridized carbons (Fsp3) is 0.455. The number of rotatable bonds is 10. The number of benzene rings is 2. The van der Waals surface area contributed by atoms with Crippen molar-refractivity contribution in [1.29, 1.82) is 0 Å². The third-order valence-electron chi connectivity index (χ3n) is 4.27. The molecule has 1 N–H and O–H groups in total. The van der Waals surface area contributed by atoms with Crippen LogP contribution in [0.3, 0.4) is 0 Å². The van der Waals surface area contributed by atoms with E-state index in [1.54, 1.807) is 0 Å². The standard InChI is InChI=1S/C22H31NO3/c1-17(2)23(18(3)4)14-20(24)16-26-22-13-9-8-12-21(22)25-15-19-10-6-5-7-11-19/h5-13,17-18,20,24H,14-16H2,1-4H3. The van der Waals surface area contributed by atoms with Crippen molar-refractivity contribution in [1.82, 2.24) is 4.90 Å². The topological polar surface area (TPSA) is 41.9 Å². The van der Waals surface area contributed by atoms with Crippen LogP contribution in [0.1, 0.15) is 33.3 Å². The van der Waals surface area contributed by atoms with Crippen LogP contribution in [0.5, 0.6) is 11.5 Å². The summed E-state index contributed by atoms with van der Waals surface area (Å²) >= 11 is 0. The number of para-hydroxylation sites is 2. The summed E-state index contributed by atoms with van der Waals surface area (Å²) in [6.07, 6.45) is -0.554. The Kier molecular flexibility index (Phi) is 7.95. The molecule has 142 valence electrons. The van der Waals surface area contributed by atoms with Crippen molar-refractivity contribution < 1.29 is 14.6 Å². The van der Waals surface area contributed by atoms with Gasteiger partial charge in [0.15, 0.2) is 11.5 Å². The lowest BCUT2D eigenvalue weighted by Crippen LogP contribution is -2.43. The van der Waals surface area contributed by atoms with E-state index in [-0.39, 0.29) is 6.61 Å². The molecule has 0 saturated carbocycles. The van der Waals surface area contributed by atoms with Gasteiger partial charge in [-0.2, -0.15) is 0 Å². The average Bonchev–Trinajstić information content (AvgIpc) is 2.63. The van der Waals surface area contributed by atoms with E-state index >= 15 is 0 Å². The molecule has 2 aromatic rings. The van der Waals surface area contributed by atoms with Crippen LogP contribution in [0.2, 0.25) is 0 Å². The molecule has 0 amide bonds. The maximum absolute atomic E-state index is 10.4. The largest absolute Gasteiger partial charge is 0.487 e. The Labute approximate surface area is 157 Å². The zero-order chi connectivity index (χ0) is 18.9. The summed E-state index contributed by atoms with van der Waals surface area (Å²) in [5, 5.41) is 10.4. The zero-order valence-corrected chi connectivity index (χ0v) is 16.3. The molecular formula is C22H31NO3. The second kappa shape index (κ2) is 10.2. The lowest BCUT2D eigenvalue weighted by molar-refractivity contribution is 0.0436. The summed E-state index contributed by atoms with van der Waals surface area (Å²) in [5.74, 6) is 1.34. The highest BCUT2D eigenvalue weighted by molar-refractivity contribution is 5.39. The monoisotopic (exact) mass is 357 g/mol. The highest BCUT2D eigenvalue weighted by Gasteiger charge is 2.18. The van der Waals surface area contributed by atoms with Gasteiger partial charge in [-0.05, 0) is 45.4 Å². The SMILES string of the molecule is CC(C)N(CC(O)COc1ccccc1OCc1ccccc1)C(C)C. The Balaban J connectivity index is 1.91. The molecule has 0 aromatic heterocycles. The van der Waals surface area contributed by atoms with Crippen molar-refractivity contribution in [3.63, 3.8) is 0 Å². The van der Waals surface area contributed by atoms with Gasteiger partial charge in [0.05, 0.1) is 0 Å². The van der Waals surface area contributed by atoms with Gasteiger partial charge >= 0.3 is 0 Å². The van der Waals surface area contributed by atoms with Crippen LogP contribution in [-0.4, -0.2) is 41.3 Å². The van der Waals surface area contributed by atoms with Gasteiger partial charge < -0.3 is 14.6 Å². The number of aliphatic hydroxyl groups excluding tert-OH is 1. The van der Waals surface area contributed by atoms with Crippen molar-refractivity contribution in [2.45, 2.75) is 52.5 Å². The predicted molar refractivity (Wildman–Crippen MR) is 106 cm³/mol. The van der Waals surface area contributed by atoms with Crippen molar-refractivity contribution in [3.05, 3.63) is 60.2 Å². The molecule has 2 aromatic carbocycles.